The number of hydrogen-bond donors (Lipinski definition) is 5. The maximum atomic E-state index is 12.9. The molecule has 0 heterocycles. The normalized spacial score (nSPS) is 13.7. The first-order chi connectivity index (χ1) is 15.4. The number of nitrogens with one attached hydrogen (secondary N) is 3. The second-order valence-corrected chi connectivity index (χ2v) is 9.00. The van der Waals surface area contributed by atoms with Crippen LogP contribution >= 0.6 is 0 Å². The van der Waals surface area contributed by atoms with Crippen molar-refractivity contribution in [2.75, 3.05) is 6.54 Å². The predicted octanol–water partition coefficient (Wildman–Crippen LogP) is 1.78. The molecule has 0 spiro atoms. The van der Waals surface area contributed by atoms with Gasteiger partial charge in [-0.2, -0.15) is 0 Å². The molecule has 184 valence electrons. The van der Waals surface area contributed by atoms with E-state index in [1.807, 2.05) is 44.2 Å². The molecule has 2 atom stereocenters. The van der Waals surface area contributed by atoms with Crippen molar-refractivity contribution in [1.82, 2.24) is 16.0 Å². The number of carboxylic acids is 1. The summed E-state index contributed by atoms with van der Waals surface area (Å²) in [6.07, 6.45) is -0.0159. The van der Waals surface area contributed by atoms with Crippen molar-refractivity contribution in [1.29, 1.82) is 0 Å². The van der Waals surface area contributed by atoms with Crippen molar-refractivity contribution in [3.8, 4) is 0 Å². The van der Waals surface area contributed by atoms with Gasteiger partial charge in [-0.1, -0.05) is 30.3 Å². The number of nitrogens with two attached hydrogens (primary N) is 1. The van der Waals surface area contributed by atoms with Crippen molar-refractivity contribution in [3.05, 3.63) is 35.9 Å². The van der Waals surface area contributed by atoms with Crippen LogP contribution in [0.15, 0.2) is 35.3 Å². The second-order valence-electron chi connectivity index (χ2n) is 9.00. The monoisotopic (exact) mass is 463 g/mol. The first-order valence-corrected chi connectivity index (χ1v) is 11.0. The summed E-state index contributed by atoms with van der Waals surface area (Å²) in [5.41, 5.74) is 5.80. The van der Waals surface area contributed by atoms with Crippen LogP contribution in [0, 0.1) is 0 Å². The zero-order valence-corrected chi connectivity index (χ0v) is 20.1. The lowest BCUT2D eigenvalue weighted by Crippen LogP contribution is -2.53. The summed E-state index contributed by atoms with van der Waals surface area (Å²) in [7, 11) is 0. The number of rotatable bonds is 11. The molecular formula is C23H37N5O5. The van der Waals surface area contributed by atoms with Crippen molar-refractivity contribution in [2.24, 2.45) is 10.7 Å². The molecule has 0 bridgehead atoms. The molecule has 0 aliphatic rings. The Morgan fingerprint density at radius 2 is 1.70 bits per heavy atom. The summed E-state index contributed by atoms with van der Waals surface area (Å²) >= 11 is 0. The zero-order chi connectivity index (χ0) is 25.0. The van der Waals surface area contributed by atoms with E-state index in [1.54, 1.807) is 20.8 Å². The van der Waals surface area contributed by atoms with Gasteiger partial charge in [0, 0.05) is 19.0 Å². The number of amides is 2. The molecule has 0 aliphatic heterocycles. The number of guanidine groups is 1. The minimum absolute atomic E-state index is 0.138. The van der Waals surface area contributed by atoms with Gasteiger partial charge in [0.1, 0.15) is 17.7 Å². The molecule has 33 heavy (non-hydrogen) atoms. The van der Waals surface area contributed by atoms with Gasteiger partial charge in [-0.25, -0.2) is 9.59 Å². The van der Waals surface area contributed by atoms with E-state index >= 15 is 0 Å². The van der Waals surface area contributed by atoms with Crippen LogP contribution in [0.25, 0.3) is 0 Å². The molecule has 10 heteroatoms. The largest absolute Gasteiger partial charge is 0.480 e. The third kappa shape index (κ3) is 12.4. The molecule has 1 aromatic rings. The number of carbonyl (C=O) groups is 3. The number of carbonyl (C=O) groups excluding carboxylic acids is 2. The van der Waals surface area contributed by atoms with Crippen LogP contribution in [0.1, 0.15) is 53.0 Å². The number of benzene rings is 1. The smallest absolute Gasteiger partial charge is 0.408 e. The third-order valence-electron chi connectivity index (χ3n) is 4.27. The molecule has 1 aromatic carbocycles. The average Bonchev–Trinajstić information content (AvgIpc) is 2.68. The number of aliphatic carboxylic acids is 1. The number of aliphatic imine (C=N–C) groups is 1. The van der Waals surface area contributed by atoms with Gasteiger partial charge in [-0.05, 0) is 53.0 Å². The highest BCUT2D eigenvalue weighted by molar-refractivity contribution is 5.89. The average molecular weight is 464 g/mol. The Hall–Kier alpha value is -3.30. The number of alkyl carbamates (subject to hydrolysis) is 1. The number of carboxylic acid groups (broad SMARTS) is 1. The summed E-state index contributed by atoms with van der Waals surface area (Å²) in [5.74, 6) is -1.50. The van der Waals surface area contributed by atoms with Gasteiger partial charge in [0.2, 0.25) is 5.91 Å². The maximum Gasteiger partial charge on any atom is 0.408 e. The first-order valence-electron chi connectivity index (χ1n) is 11.0. The highest BCUT2D eigenvalue weighted by Crippen LogP contribution is 2.09. The van der Waals surface area contributed by atoms with E-state index < -0.39 is 35.7 Å². The van der Waals surface area contributed by atoms with E-state index in [9.17, 15) is 19.5 Å². The Kier molecular flexibility index (Phi) is 11.2. The maximum absolute atomic E-state index is 12.9. The number of nitrogens with zero attached hydrogens (tertiary/aromatic N) is 1. The molecule has 2 amide bonds. The van der Waals surface area contributed by atoms with Gasteiger partial charge in [-0.15, -0.1) is 0 Å². The quantitative estimate of drug-likeness (QED) is 0.190. The van der Waals surface area contributed by atoms with Gasteiger partial charge in [-0.3, -0.25) is 9.79 Å². The van der Waals surface area contributed by atoms with Crippen LogP contribution in [0.3, 0.4) is 0 Å². The Bertz CT molecular complexity index is 805. The molecule has 0 aliphatic carbocycles. The molecule has 0 saturated carbocycles. The van der Waals surface area contributed by atoms with Crippen LogP contribution in [0.5, 0.6) is 0 Å². The standard InChI is InChI=1S/C23H37N5O5/c1-15(2)26-21(24)25-13-9-12-17(20(30)31)27-19(29)18(14-16-10-7-6-8-11-16)28-22(32)33-23(3,4)5/h6-8,10-11,15,17-18H,9,12-14H2,1-5H3,(H,27,29)(H,28,32)(H,30,31)(H3,24,25,26)/t17-,18+/m0/s1. The Morgan fingerprint density at radius 1 is 1.06 bits per heavy atom. The van der Waals surface area contributed by atoms with Crippen molar-refractivity contribution < 1.29 is 24.2 Å². The summed E-state index contributed by atoms with van der Waals surface area (Å²) in [6, 6.07) is 7.11. The minimum atomic E-state index is -1.17. The highest BCUT2D eigenvalue weighted by atomic mass is 16.6. The molecule has 0 unspecified atom stereocenters. The van der Waals surface area contributed by atoms with Crippen LogP contribution in [0.4, 0.5) is 4.79 Å². The highest BCUT2D eigenvalue weighted by Gasteiger charge is 2.28. The molecule has 0 radical (unpaired) electrons. The van der Waals surface area contributed by atoms with Gasteiger partial charge in [0.25, 0.3) is 0 Å². The molecule has 6 N–H and O–H groups in total. The second kappa shape index (κ2) is 13.3. The fourth-order valence-corrected chi connectivity index (χ4v) is 2.87. The van der Waals surface area contributed by atoms with Gasteiger partial charge >= 0.3 is 12.1 Å². The van der Waals surface area contributed by atoms with E-state index in [4.69, 9.17) is 10.5 Å². The Labute approximate surface area is 195 Å². The SMILES string of the molecule is CC(C)NC(N)=NCCC[C@H](NC(=O)[C@@H](Cc1ccccc1)NC(=O)OC(C)(C)C)C(=O)O. The first kappa shape index (κ1) is 27.7. The number of hydrogen-bond acceptors (Lipinski definition) is 5. The van der Waals surface area contributed by atoms with Crippen LogP contribution in [0.2, 0.25) is 0 Å². The van der Waals surface area contributed by atoms with E-state index in [-0.39, 0.29) is 24.8 Å². The predicted molar refractivity (Wildman–Crippen MR) is 127 cm³/mol. The van der Waals surface area contributed by atoms with Crippen molar-refractivity contribution in [2.45, 2.75) is 77.6 Å². The molecule has 1 rings (SSSR count). The number of ether oxygens (including phenoxy) is 1. The lowest BCUT2D eigenvalue weighted by atomic mass is 10.0. The topological polar surface area (TPSA) is 155 Å². The molecule has 0 saturated heterocycles. The Morgan fingerprint density at radius 3 is 2.24 bits per heavy atom. The summed E-state index contributed by atoms with van der Waals surface area (Å²) in [6.45, 7) is 9.31. The molecular weight excluding hydrogens is 426 g/mol. The van der Waals surface area contributed by atoms with Gasteiger partial charge in [0.05, 0.1) is 0 Å². The van der Waals surface area contributed by atoms with Gasteiger partial charge < -0.3 is 31.5 Å². The summed E-state index contributed by atoms with van der Waals surface area (Å²) < 4.78 is 5.26. The van der Waals surface area contributed by atoms with E-state index in [0.29, 0.717) is 13.0 Å². The van der Waals surface area contributed by atoms with E-state index in [0.717, 1.165) is 5.56 Å². The fraction of sp³-hybridized carbons (Fsp3) is 0.565. The van der Waals surface area contributed by atoms with Crippen LogP contribution < -0.4 is 21.7 Å². The van der Waals surface area contributed by atoms with Crippen molar-refractivity contribution >= 4 is 23.9 Å². The lowest BCUT2D eigenvalue weighted by molar-refractivity contribution is -0.142. The van der Waals surface area contributed by atoms with Crippen molar-refractivity contribution in [3.63, 3.8) is 0 Å². The van der Waals surface area contributed by atoms with E-state index in [1.165, 1.54) is 0 Å². The lowest BCUT2D eigenvalue weighted by Gasteiger charge is -2.24. The Balaban J connectivity index is 2.81. The molecule has 10 nitrogen and oxygen atoms in total. The molecule has 0 aromatic heterocycles. The fourth-order valence-electron chi connectivity index (χ4n) is 2.87. The van der Waals surface area contributed by atoms with Gasteiger partial charge in [0.15, 0.2) is 5.96 Å². The van der Waals surface area contributed by atoms with Crippen LogP contribution in [-0.4, -0.2) is 59.3 Å². The summed E-state index contributed by atoms with van der Waals surface area (Å²) in [4.78, 5) is 41.0. The third-order valence-corrected chi connectivity index (χ3v) is 4.27. The summed E-state index contributed by atoms with van der Waals surface area (Å²) in [5, 5.41) is 17.6. The zero-order valence-electron chi connectivity index (χ0n) is 20.1. The van der Waals surface area contributed by atoms with E-state index in [2.05, 4.69) is 20.9 Å². The molecule has 0 fully saturated rings. The minimum Gasteiger partial charge on any atom is -0.480 e. The van der Waals surface area contributed by atoms with Crippen LogP contribution in [-0.2, 0) is 20.7 Å².